The van der Waals surface area contributed by atoms with E-state index in [1.165, 1.54) is 11.1 Å². The number of nitrogens with zero attached hydrogens (tertiary/aromatic N) is 1. The van der Waals surface area contributed by atoms with Gasteiger partial charge in [0.15, 0.2) is 0 Å². The van der Waals surface area contributed by atoms with Crippen LogP contribution in [0.4, 0.5) is 0 Å². The molecular weight excluding hydrogens is 208 g/mol. The quantitative estimate of drug-likeness (QED) is 0.360. The second-order valence-corrected chi connectivity index (χ2v) is 3.57. The minimum Gasteiger partial charge on any atom is -0.298 e. The Morgan fingerprint density at radius 2 is 2.06 bits per heavy atom. The Labute approximate surface area is 103 Å². The first-order valence-corrected chi connectivity index (χ1v) is 5.52. The summed E-state index contributed by atoms with van der Waals surface area (Å²) in [5, 5.41) is 4.06. The average Bonchev–Trinajstić information content (AvgIpc) is 2.35. The molecule has 0 unspecified atom stereocenters. The Hall–Kier alpha value is -2.19. The van der Waals surface area contributed by atoms with Gasteiger partial charge in [0, 0.05) is 12.6 Å². The third-order valence-electron chi connectivity index (χ3n) is 2.11. The number of terminal acetylenes is 1. The fourth-order valence-electron chi connectivity index (χ4n) is 1.20. The number of benzene rings is 1. The number of aryl methyl sites for hydroxylation is 1. The van der Waals surface area contributed by atoms with E-state index in [1.54, 1.807) is 0 Å². The number of hydrogen-bond donors (Lipinski definition) is 1. The van der Waals surface area contributed by atoms with Gasteiger partial charge in [-0.15, -0.1) is 6.42 Å². The Morgan fingerprint density at radius 3 is 2.76 bits per heavy atom. The van der Waals surface area contributed by atoms with Crippen molar-refractivity contribution in [1.29, 1.82) is 0 Å². The van der Waals surface area contributed by atoms with Crippen molar-refractivity contribution in [2.45, 2.75) is 19.8 Å². The lowest BCUT2D eigenvalue weighted by molar-refractivity contribution is 0.840. The van der Waals surface area contributed by atoms with Crippen LogP contribution in [0, 0.1) is 31.1 Å². The molecule has 1 N–H and O–H groups in total. The predicted molar refractivity (Wildman–Crippen MR) is 72.6 cm³/mol. The molecule has 0 aliphatic heterocycles. The molecule has 0 aromatic heterocycles. The van der Waals surface area contributed by atoms with Crippen LogP contribution in [0.15, 0.2) is 29.4 Å². The maximum absolute atomic E-state index is 5.06. The van der Waals surface area contributed by atoms with Crippen LogP contribution in [-0.4, -0.2) is 12.8 Å². The molecule has 0 spiro atoms. The minimum absolute atomic E-state index is 0.495. The molecule has 0 aliphatic carbocycles. The van der Waals surface area contributed by atoms with Crippen LogP contribution in [-0.2, 0) is 6.42 Å². The van der Waals surface area contributed by atoms with Crippen LogP contribution in [0.2, 0.25) is 0 Å². The first-order valence-electron chi connectivity index (χ1n) is 5.52. The van der Waals surface area contributed by atoms with E-state index in [4.69, 9.17) is 6.42 Å². The molecule has 86 valence electrons. The molecule has 0 atom stereocenters. The lowest BCUT2D eigenvalue weighted by Crippen LogP contribution is -2.05. The van der Waals surface area contributed by atoms with Gasteiger partial charge in [0.2, 0.25) is 0 Å². The van der Waals surface area contributed by atoms with Crippen molar-refractivity contribution in [3.63, 3.8) is 0 Å². The maximum atomic E-state index is 5.06. The SMILES string of the molecule is C#CCC#CCN/N=C/Cc1ccc(C)cc1. The molecule has 17 heavy (non-hydrogen) atoms. The third-order valence-corrected chi connectivity index (χ3v) is 2.11. The molecule has 1 aromatic carbocycles. The molecule has 0 radical (unpaired) electrons. The van der Waals surface area contributed by atoms with E-state index in [1.807, 2.05) is 6.21 Å². The normalized spacial score (nSPS) is 9.41. The summed E-state index contributed by atoms with van der Waals surface area (Å²) in [5.41, 5.74) is 5.37. The first-order chi connectivity index (χ1) is 8.33. The molecule has 0 amide bonds. The van der Waals surface area contributed by atoms with Gasteiger partial charge >= 0.3 is 0 Å². The Morgan fingerprint density at radius 1 is 1.29 bits per heavy atom. The van der Waals surface area contributed by atoms with Crippen molar-refractivity contribution in [3.8, 4) is 24.2 Å². The smallest absolute Gasteiger partial charge is 0.0938 e. The molecule has 1 rings (SSSR count). The molecule has 1 aromatic rings. The van der Waals surface area contributed by atoms with E-state index in [2.05, 4.69) is 59.5 Å². The standard InChI is InChI=1S/C15H16N2/c1-3-4-5-6-12-16-17-13-11-15-9-7-14(2)8-10-15/h1,7-10,13,16H,4,11-12H2,2H3/b17-13+. The van der Waals surface area contributed by atoms with Crippen molar-refractivity contribution >= 4 is 6.21 Å². The molecule has 2 heteroatoms. The summed E-state index contributed by atoms with van der Waals surface area (Å²) >= 11 is 0. The highest BCUT2D eigenvalue weighted by molar-refractivity contribution is 5.61. The molecular formula is C15H16N2. The van der Waals surface area contributed by atoms with Crippen LogP contribution in [0.5, 0.6) is 0 Å². The Balaban J connectivity index is 2.21. The summed E-state index contributed by atoms with van der Waals surface area (Å²) in [5.74, 6) is 8.16. The average molecular weight is 224 g/mol. The zero-order chi connectivity index (χ0) is 12.3. The first kappa shape index (κ1) is 12.9. The Bertz CT molecular complexity index is 452. The van der Waals surface area contributed by atoms with Crippen molar-refractivity contribution in [2.24, 2.45) is 5.10 Å². The maximum Gasteiger partial charge on any atom is 0.0938 e. The highest BCUT2D eigenvalue weighted by Crippen LogP contribution is 2.02. The summed E-state index contributed by atoms with van der Waals surface area (Å²) in [4.78, 5) is 0. The van der Waals surface area contributed by atoms with Gasteiger partial charge in [-0.3, -0.25) is 5.43 Å². The number of rotatable bonds is 4. The van der Waals surface area contributed by atoms with Crippen LogP contribution in [0.25, 0.3) is 0 Å². The van der Waals surface area contributed by atoms with E-state index in [-0.39, 0.29) is 0 Å². The summed E-state index contributed by atoms with van der Waals surface area (Å²) in [6, 6.07) is 8.41. The molecule has 2 nitrogen and oxygen atoms in total. The lowest BCUT2D eigenvalue weighted by Gasteiger charge is -1.97. The molecule has 0 bridgehead atoms. The summed E-state index contributed by atoms with van der Waals surface area (Å²) in [7, 11) is 0. The van der Waals surface area contributed by atoms with Gasteiger partial charge in [-0.2, -0.15) is 5.10 Å². The highest BCUT2D eigenvalue weighted by Gasteiger charge is 1.88. The lowest BCUT2D eigenvalue weighted by atomic mass is 10.1. The largest absolute Gasteiger partial charge is 0.298 e. The predicted octanol–water partition coefficient (Wildman–Crippen LogP) is 2.14. The number of hydrogen-bond acceptors (Lipinski definition) is 2. The summed E-state index contributed by atoms with van der Waals surface area (Å²) in [6.45, 7) is 2.61. The molecule has 0 heterocycles. The van der Waals surface area contributed by atoms with Crippen LogP contribution in [0.3, 0.4) is 0 Å². The topological polar surface area (TPSA) is 24.4 Å². The zero-order valence-corrected chi connectivity index (χ0v) is 10.0. The second kappa shape index (κ2) is 8.02. The molecule has 0 fully saturated rings. The highest BCUT2D eigenvalue weighted by atomic mass is 15.3. The van der Waals surface area contributed by atoms with Crippen LogP contribution < -0.4 is 5.43 Å². The monoisotopic (exact) mass is 224 g/mol. The van der Waals surface area contributed by atoms with Crippen LogP contribution in [0.1, 0.15) is 17.5 Å². The fraction of sp³-hybridized carbons (Fsp3) is 0.267. The Kier molecular flexibility index (Phi) is 6.07. The van der Waals surface area contributed by atoms with Crippen molar-refractivity contribution in [2.75, 3.05) is 6.54 Å². The number of hydrazone groups is 1. The molecule has 0 aliphatic rings. The van der Waals surface area contributed by atoms with Crippen molar-refractivity contribution in [1.82, 2.24) is 5.43 Å². The van der Waals surface area contributed by atoms with Crippen molar-refractivity contribution < 1.29 is 0 Å². The zero-order valence-electron chi connectivity index (χ0n) is 10.0. The van der Waals surface area contributed by atoms with E-state index < -0.39 is 0 Å². The fourth-order valence-corrected chi connectivity index (χ4v) is 1.20. The minimum atomic E-state index is 0.495. The van der Waals surface area contributed by atoms with Gasteiger partial charge in [0.1, 0.15) is 0 Å². The van der Waals surface area contributed by atoms with Gasteiger partial charge in [0.05, 0.1) is 13.0 Å². The van der Waals surface area contributed by atoms with E-state index in [9.17, 15) is 0 Å². The second-order valence-electron chi connectivity index (χ2n) is 3.57. The van der Waals surface area contributed by atoms with Crippen molar-refractivity contribution in [3.05, 3.63) is 35.4 Å². The molecule has 0 saturated heterocycles. The van der Waals surface area contributed by atoms with Gasteiger partial charge in [-0.25, -0.2) is 0 Å². The van der Waals surface area contributed by atoms with E-state index in [0.717, 1.165) is 6.42 Å². The van der Waals surface area contributed by atoms with Gasteiger partial charge in [-0.05, 0) is 12.5 Å². The third kappa shape index (κ3) is 6.07. The van der Waals surface area contributed by atoms with Gasteiger partial charge < -0.3 is 0 Å². The van der Waals surface area contributed by atoms with Crippen LogP contribution >= 0.6 is 0 Å². The van der Waals surface area contributed by atoms with Gasteiger partial charge in [-0.1, -0.05) is 47.6 Å². The summed E-state index contributed by atoms with van der Waals surface area (Å²) in [6.07, 6.45) is 8.22. The summed E-state index contributed by atoms with van der Waals surface area (Å²) < 4.78 is 0. The molecule has 0 saturated carbocycles. The van der Waals surface area contributed by atoms with Gasteiger partial charge in [0.25, 0.3) is 0 Å². The van der Waals surface area contributed by atoms with E-state index in [0.29, 0.717) is 13.0 Å². The number of nitrogens with one attached hydrogen (secondary N) is 1. The van der Waals surface area contributed by atoms with E-state index >= 15 is 0 Å².